The molecule has 0 spiro atoms. The maximum Gasteiger partial charge on any atom is 0.305 e. The third-order valence-corrected chi connectivity index (χ3v) is 9.34. The first kappa shape index (κ1) is 19.1. The second-order valence-corrected chi connectivity index (χ2v) is 10.6. The number of hydrogen-bond donors (Lipinski definition) is 2. The van der Waals surface area contributed by atoms with Gasteiger partial charge in [-0.2, -0.15) is 0 Å². The van der Waals surface area contributed by atoms with E-state index in [9.17, 15) is 18.3 Å². The molecule has 1 aromatic heterocycles. The van der Waals surface area contributed by atoms with E-state index < -0.39 is 27.0 Å². The van der Waals surface area contributed by atoms with Crippen molar-refractivity contribution < 1.29 is 18.3 Å². The lowest BCUT2D eigenvalue weighted by atomic mass is 9.98. The molecule has 0 bridgehead atoms. The number of carboxylic acids is 1. The van der Waals surface area contributed by atoms with E-state index in [1.807, 2.05) is 42.5 Å². The first-order valence-electron chi connectivity index (χ1n) is 9.16. The van der Waals surface area contributed by atoms with Crippen molar-refractivity contribution in [3.8, 4) is 10.4 Å². The molecule has 1 aliphatic rings. The Morgan fingerprint density at radius 1 is 1.07 bits per heavy atom. The lowest BCUT2D eigenvalue weighted by Crippen LogP contribution is -2.39. The van der Waals surface area contributed by atoms with E-state index in [4.69, 9.17) is 0 Å². The van der Waals surface area contributed by atoms with Gasteiger partial charge in [0.15, 0.2) is 9.84 Å². The Morgan fingerprint density at radius 3 is 2.64 bits per heavy atom. The number of sulfone groups is 1. The summed E-state index contributed by atoms with van der Waals surface area (Å²) < 4.78 is 24.8. The summed E-state index contributed by atoms with van der Waals surface area (Å²) in [6.07, 6.45) is -0.145. The van der Waals surface area contributed by atoms with Crippen molar-refractivity contribution in [3.05, 3.63) is 59.5 Å². The second-order valence-electron chi connectivity index (χ2n) is 7.11. The van der Waals surface area contributed by atoms with Gasteiger partial charge in [0.25, 0.3) is 0 Å². The van der Waals surface area contributed by atoms with Crippen LogP contribution in [0.5, 0.6) is 0 Å². The highest BCUT2D eigenvalue weighted by Crippen LogP contribution is 2.44. The Morgan fingerprint density at radius 2 is 1.86 bits per heavy atom. The molecule has 2 heterocycles. The van der Waals surface area contributed by atoms with E-state index in [-0.39, 0.29) is 12.2 Å². The molecule has 4 rings (SSSR count). The van der Waals surface area contributed by atoms with Crippen LogP contribution in [-0.2, 0) is 19.4 Å². The smallest absolute Gasteiger partial charge is 0.305 e. The minimum atomic E-state index is -3.61. The molecule has 5 nitrogen and oxygen atoms in total. The van der Waals surface area contributed by atoms with Crippen LogP contribution in [0, 0.1) is 0 Å². The van der Waals surface area contributed by atoms with Crippen LogP contribution >= 0.6 is 11.3 Å². The van der Waals surface area contributed by atoms with E-state index in [1.54, 1.807) is 6.07 Å². The molecule has 3 aromatic rings. The first-order chi connectivity index (χ1) is 13.4. The van der Waals surface area contributed by atoms with Gasteiger partial charge in [-0.3, -0.25) is 4.79 Å². The van der Waals surface area contributed by atoms with Gasteiger partial charge in [-0.1, -0.05) is 36.4 Å². The predicted octanol–water partition coefficient (Wildman–Crippen LogP) is 3.65. The monoisotopic (exact) mass is 415 g/mol. The van der Waals surface area contributed by atoms with Crippen LogP contribution in [0.25, 0.3) is 21.2 Å². The Labute approximate surface area is 167 Å². The lowest BCUT2D eigenvalue weighted by molar-refractivity contribution is -0.137. The normalized spacial score (nSPS) is 22.0. The molecule has 0 saturated carbocycles. The fourth-order valence-corrected chi connectivity index (χ4v) is 7.41. The second kappa shape index (κ2) is 7.31. The Balaban J connectivity index is 1.80. The SMILES string of the molecule is O=C(O)CC1(c2ccc(-c3ccc4ccccc4c3)s2)CCNCCS1(=O)=O. The quantitative estimate of drug-likeness (QED) is 0.680. The van der Waals surface area contributed by atoms with Crippen molar-refractivity contribution in [2.75, 3.05) is 18.8 Å². The minimum absolute atomic E-state index is 0.0521. The third-order valence-electron chi connectivity index (χ3n) is 5.37. The van der Waals surface area contributed by atoms with E-state index in [0.29, 0.717) is 18.0 Å². The Bertz CT molecular complexity index is 1140. The van der Waals surface area contributed by atoms with Gasteiger partial charge in [0.05, 0.1) is 12.2 Å². The topological polar surface area (TPSA) is 83.5 Å². The first-order valence-corrected chi connectivity index (χ1v) is 11.6. The zero-order chi connectivity index (χ0) is 19.8. The predicted molar refractivity (Wildman–Crippen MR) is 112 cm³/mol. The molecule has 1 aliphatic heterocycles. The summed E-state index contributed by atoms with van der Waals surface area (Å²) in [6.45, 7) is 0.836. The number of fused-ring (bicyclic) bond motifs is 1. The van der Waals surface area contributed by atoms with Crippen LogP contribution in [0.3, 0.4) is 0 Å². The molecule has 0 amide bonds. The van der Waals surface area contributed by atoms with Crippen molar-refractivity contribution in [2.24, 2.45) is 0 Å². The molecule has 0 radical (unpaired) electrons. The molecule has 146 valence electrons. The van der Waals surface area contributed by atoms with Crippen molar-refractivity contribution in [1.82, 2.24) is 5.32 Å². The van der Waals surface area contributed by atoms with Gasteiger partial charge in [-0.25, -0.2) is 8.42 Å². The number of aliphatic carboxylic acids is 1. The maximum atomic E-state index is 13.1. The Hall–Kier alpha value is -2.22. The fourth-order valence-electron chi connectivity index (χ4n) is 3.86. The highest BCUT2D eigenvalue weighted by molar-refractivity contribution is 7.92. The zero-order valence-electron chi connectivity index (χ0n) is 15.2. The van der Waals surface area contributed by atoms with Crippen LogP contribution in [0.2, 0.25) is 0 Å². The summed E-state index contributed by atoms with van der Waals surface area (Å²) in [4.78, 5) is 13.1. The van der Waals surface area contributed by atoms with Crippen molar-refractivity contribution in [2.45, 2.75) is 17.6 Å². The molecule has 1 saturated heterocycles. The molecular weight excluding hydrogens is 394 g/mol. The lowest BCUT2D eigenvalue weighted by Gasteiger charge is -2.29. The van der Waals surface area contributed by atoms with Crippen LogP contribution in [0.15, 0.2) is 54.6 Å². The van der Waals surface area contributed by atoms with Crippen LogP contribution in [-0.4, -0.2) is 38.3 Å². The van der Waals surface area contributed by atoms with Crippen LogP contribution in [0.4, 0.5) is 0 Å². The third kappa shape index (κ3) is 3.34. The van der Waals surface area contributed by atoms with Gasteiger partial charge in [-0.05, 0) is 47.5 Å². The number of rotatable bonds is 4. The van der Waals surface area contributed by atoms with Crippen LogP contribution in [0.1, 0.15) is 17.7 Å². The molecule has 1 unspecified atom stereocenters. The highest BCUT2D eigenvalue weighted by Gasteiger charge is 2.48. The molecule has 28 heavy (non-hydrogen) atoms. The average molecular weight is 416 g/mol. The summed E-state index contributed by atoms with van der Waals surface area (Å²) in [6, 6.07) is 17.9. The summed E-state index contributed by atoms with van der Waals surface area (Å²) in [7, 11) is -3.61. The fraction of sp³-hybridized carbons (Fsp3) is 0.286. The van der Waals surface area contributed by atoms with Crippen molar-refractivity contribution in [1.29, 1.82) is 0 Å². The molecule has 2 N–H and O–H groups in total. The van der Waals surface area contributed by atoms with Gasteiger partial charge in [0, 0.05) is 16.3 Å². The molecule has 0 aliphatic carbocycles. The zero-order valence-corrected chi connectivity index (χ0v) is 16.9. The molecule has 1 fully saturated rings. The number of hydrogen-bond acceptors (Lipinski definition) is 5. The minimum Gasteiger partial charge on any atom is -0.481 e. The average Bonchev–Trinajstić information content (AvgIpc) is 3.11. The number of thiophene rings is 1. The summed E-state index contributed by atoms with van der Waals surface area (Å²) in [5.74, 6) is -1.14. The largest absolute Gasteiger partial charge is 0.481 e. The molecule has 7 heteroatoms. The summed E-state index contributed by atoms with van der Waals surface area (Å²) in [5, 5.41) is 14.8. The highest BCUT2D eigenvalue weighted by atomic mass is 32.2. The molecule has 1 atom stereocenters. The number of nitrogens with one attached hydrogen (secondary N) is 1. The van der Waals surface area contributed by atoms with Gasteiger partial charge >= 0.3 is 5.97 Å². The molecular formula is C21H21NO4S2. The van der Waals surface area contributed by atoms with Crippen LogP contribution < -0.4 is 5.32 Å². The number of carboxylic acid groups (broad SMARTS) is 1. The number of carbonyl (C=O) groups is 1. The van der Waals surface area contributed by atoms with E-state index in [0.717, 1.165) is 21.2 Å². The van der Waals surface area contributed by atoms with E-state index >= 15 is 0 Å². The number of benzene rings is 2. The van der Waals surface area contributed by atoms with Crippen molar-refractivity contribution in [3.63, 3.8) is 0 Å². The summed E-state index contributed by atoms with van der Waals surface area (Å²) in [5.41, 5.74) is 1.00. The van der Waals surface area contributed by atoms with Gasteiger partial charge in [0.2, 0.25) is 0 Å². The van der Waals surface area contributed by atoms with E-state index in [2.05, 4.69) is 11.4 Å². The van der Waals surface area contributed by atoms with Gasteiger partial charge in [0.1, 0.15) is 4.75 Å². The van der Waals surface area contributed by atoms with Gasteiger partial charge < -0.3 is 10.4 Å². The van der Waals surface area contributed by atoms with E-state index in [1.165, 1.54) is 11.3 Å². The summed E-state index contributed by atoms with van der Waals surface area (Å²) >= 11 is 1.38. The van der Waals surface area contributed by atoms with Crippen molar-refractivity contribution >= 4 is 37.9 Å². The maximum absolute atomic E-state index is 13.1. The Kier molecular flexibility index (Phi) is 4.99. The molecule has 2 aromatic carbocycles. The standard InChI is InChI=1S/C21H21NO4S2/c23-20(24)14-21(9-10-22-11-12-28(21,25)26)19-8-7-18(27-19)17-6-5-15-3-1-2-4-16(15)13-17/h1-8,13,22H,9-12,14H2,(H,23,24). The van der Waals surface area contributed by atoms with Gasteiger partial charge in [-0.15, -0.1) is 11.3 Å².